The molecule has 1 atom stereocenters. The van der Waals surface area contributed by atoms with Gasteiger partial charge in [-0.1, -0.05) is 12.1 Å². The van der Waals surface area contributed by atoms with Crippen LogP contribution < -0.4 is 5.32 Å². The minimum atomic E-state index is -0.798. The average molecular weight is 460 g/mol. The molecule has 2 aromatic heterocycles. The molecule has 7 heteroatoms. The summed E-state index contributed by atoms with van der Waals surface area (Å²) in [6.07, 6.45) is 8.10. The average Bonchev–Trinajstić information content (AvgIpc) is 3.36. The number of fused-ring (bicyclic) bond motifs is 1. The molecule has 2 fully saturated rings. The van der Waals surface area contributed by atoms with E-state index in [0.29, 0.717) is 17.2 Å². The highest BCUT2D eigenvalue weighted by Gasteiger charge is 2.34. The van der Waals surface area contributed by atoms with E-state index < -0.39 is 6.04 Å². The van der Waals surface area contributed by atoms with Crippen molar-refractivity contribution in [2.24, 2.45) is 11.8 Å². The minimum absolute atomic E-state index is 0.0742. The number of aromatic amines is 1. The molecular weight excluding hydrogens is 426 g/mol. The van der Waals surface area contributed by atoms with Crippen LogP contribution in [-0.4, -0.2) is 64.8 Å². The number of piperidine rings is 2. The van der Waals surface area contributed by atoms with Crippen LogP contribution in [0.5, 0.6) is 0 Å². The van der Waals surface area contributed by atoms with Crippen LogP contribution >= 0.6 is 0 Å². The Morgan fingerprint density at radius 1 is 1.00 bits per heavy atom. The van der Waals surface area contributed by atoms with Crippen LogP contribution in [0.25, 0.3) is 10.9 Å². The third-order valence-corrected chi connectivity index (χ3v) is 7.60. The van der Waals surface area contributed by atoms with Gasteiger partial charge in [0.1, 0.15) is 0 Å². The molecule has 2 aliphatic heterocycles. The molecule has 2 saturated heterocycles. The predicted octanol–water partition coefficient (Wildman–Crippen LogP) is 3.61. The SMILES string of the molecule is CN1CCC(C2CCN(C(=O)C(NC(=O)c3ccc4cc[nH]c4c3)c3ccccn3)CC2)CC1. The zero-order valence-electron chi connectivity index (χ0n) is 19.7. The zero-order chi connectivity index (χ0) is 23.5. The molecule has 7 nitrogen and oxygen atoms in total. The van der Waals surface area contributed by atoms with Crippen molar-refractivity contribution in [3.63, 3.8) is 0 Å². The number of nitrogens with zero attached hydrogens (tertiary/aromatic N) is 3. The number of H-pyrrole nitrogens is 1. The number of rotatable bonds is 5. The predicted molar refractivity (Wildman–Crippen MR) is 132 cm³/mol. The van der Waals surface area contributed by atoms with Crippen LogP contribution in [0.15, 0.2) is 54.9 Å². The maximum absolute atomic E-state index is 13.6. The van der Waals surface area contributed by atoms with Crippen molar-refractivity contribution in [1.82, 2.24) is 25.1 Å². The molecule has 0 radical (unpaired) electrons. The zero-order valence-corrected chi connectivity index (χ0v) is 19.7. The Morgan fingerprint density at radius 2 is 1.74 bits per heavy atom. The summed E-state index contributed by atoms with van der Waals surface area (Å²) in [6.45, 7) is 3.82. The number of pyridine rings is 1. The number of aromatic nitrogens is 2. The third kappa shape index (κ3) is 4.85. The molecule has 1 aromatic carbocycles. The van der Waals surface area contributed by atoms with E-state index in [1.165, 1.54) is 25.9 Å². The summed E-state index contributed by atoms with van der Waals surface area (Å²) in [5, 5.41) is 4.01. The molecule has 0 bridgehead atoms. The summed E-state index contributed by atoms with van der Waals surface area (Å²) in [4.78, 5) is 38.6. The van der Waals surface area contributed by atoms with Gasteiger partial charge in [-0.05, 0) is 93.4 Å². The van der Waals surface area contributed by atoms with E-state index in [4.69, 9.17) is 0 Å². The molecule has 2 aliphatic rings. The lowest BCUT2D eigenvalue weighted by Gasteiger charge is -2.40. The van der Waals surface area contributed by atoms with Gasteiger partial charge in [-0.2, -0.15) is 0 Å². The summed E-state index contributed by atoms with van der Waals surface area (Å²) in [7, 11) is 2.19. The van der Waals surface area contributed by atoms with E-state index in [9.17, 15) is 9.59 Å². The fourth-order valence-corrected chi connectivity index (χ4v) is 5.49. The van der Waals surface area contributed by atoms with Crippen LogP contribution in [0, 0.1) is 11.8 Å². The van der Waals surface area contributed by atoms with Gasteiger partial charge in [0.25, 0.3) is 11.8 Å². The number of amides is 2. The Morgan fingerprint density at radius 3 is 2.44 bits per heavy atom. The van der Waals surface area contributed by atoms with Gasteiger partial charge in [0.2, 0.25) is 0 Å². The largest absolute Gasteiger partial charge is 0.361 e. The van der Waals surface area contributed by atoms with Gasteiger partial charge in [-0.3, -0.25) is 14.6 Å². The number of likely N-dealkylation sites (tertiary alicyclic amines) is 2. The van der Waals surface area contributed by atoms with E-state index in [0.717, 1.165) is 42.8 Å². The first-order chi connectivity index (χ1) is 16.6. The highest BCUT2D eigenvalue weighted by Crippen LogP contribution is 2.33. The second kappa shape index (κ2) is 9.97. The Bertz CT molecular complexity index is 1130. The standard InChI is InChI=1S/C27H33N5O2/c1-31-14-8-19(9-15-31)20-10-16-32(17-11-20)27(34)25(23-4-2-3-12-28-23)30-26(33)22-6-5-21-7-13-29-24(21)18-22/h2-7,12-13,18-20,25,29H,8-11,14-17H2,1H3,(H,30,33). The number of benzene rings is 1. The summed E-state index contributed by atoms with van der Waals surface area (Å²) < 4.78 is 0. The second-order valence-electron chi connectivity index (χ2n) is 9.74. The van der Waals surface area contributed by atoms with Crippen molar-refractivity contribution in [3.8, 4) is 0 Å². The van der Waals surface area contributed by atoms with E-state index in [1.807, 2.05) is 47.5 Å². The normalized spacial score (nSPS) is 19.3. The molecule has 2 amide bonds. The van der Waals surface area contributed by atoms with Crippen molar-refractivity contribution in [3.05, 3.63) is 66.1 Å². The van der Waals surface area contributed by atoms with E-state index in [-0.39, 0.29) is 11.8 Å². The molecule has 178 valence electrons. The van der Waals surface area contributed by atoms with Gasteiger partial charge < -0.3 is 20.1 Å². The Hall–Kier alpha value is -3.19. The Labute approximate surface area is 200 Å². The molecule has 2 N–H and O–H groups in total. The van der Waals surface area contributed by atoms with Crippen LogP contribution in [0.2, 0.25) is 0 Å². The fraction of sp³-hybridized carbons (Fsp3) is 0.444. The van der Waals surface area contributed by atoms with Crippen molar-refractivity contribution >= 4 is 22.7 Å². The highest BCUT2D eigenvalue weighted by molar-refractivity contribution is 6.00. The summed E-state index contributed by atoms with van der Waals surface area (Å²) in [5.41, 5.74) is 1.98. The van der Waals surface area contributed by atoms with Gasteiger partial charge in [-0.25, -0.2) is 0 Å². The first-order valence-corrected chi connectivity index (χ1v) is 12.3. The fourth-order valence-electron chi connectivity index (χ4n) is 5.49. The molecule has 34 heavy (non-hydrogen) atoms. The van der Waals surface area contributed by atoms with Crippen LogP contribution in [-0.2, 0) is 4.79 Å². The topological polar surface area (TPSA) is 81.3 Å². The van der Waals surface area contributed by atoms with Gasteiger partial charge in [0.05, 0.1) is 5.69 Å². The van der Waals surface area contributed by atoms with Crippen molar-refractivity contribution in [2.75, 3.05) is 33.2 Å². The molecular formula is C27H33N5O2. The van der Waals surface area contributed by atoms with E-state index in [2.05, 4.69) is 27.2 Å². The van der Waals surface area contributed by atoms with E-state index in [1.54, 1.807) is 12.3 Å². The number of carbonyl (C=O) groups excluding carboxylic acids is 2. The first kappa shape index (κ1) is 22.6. The number of nitrogens with one attached hydrogen (secondary N) is 2. The molecule has 3 aromatic rings. The maximum Gasteiger partial charge on any atom is 0.252 e. The lowest BCUT2D eigenvalue weighted by atomic mass is 9.79. The Kier molecular flexibility index (Phi) is 6.63. The molecule has 0 saturated carbocycles. The molecule has 4 heterocycles. The number of hydrogen-bond donors (Lipinski definition) is 2. The van der Waals surface area contributed by atoms with E-state index >= 15 is 0 Å². The number of hydrogen-bond acceptors (Lipinski definition) is 4. The lowest BCUT2D eigenvalue weighted by Crippen LogP contribution is -2.47. The molecule has 0 spiro atoms. The Balaban J connectivity index is 1.28. The maximum atomic E-state index is 13.6. The summed E-state index contributed by atoms with van der Waals surface area (Å²) in [5.74, 6) is 1.10. The highest BCUT2D eigenvalue weighted by atomic mass is 16.2. The van der Waals surface area contributed by atoms with Gasteiger partial charge in [-0.15, -0.1) is 0 Å². The number of carbonyl (C=O) groups is 2. The second-order valence-corrected chi connectivity index (χ2v) is 9.74. The smallest absolute Gasteiger partial charge is 0.252 e. The first-order valence-electron chi connectivity index (χ1n) is 12.3. The van der Waals surface area contributed by atoms with Gasteiger partial charge >= 0.3 is 0 Å². The summed E-state index contributed by atoms with van der Waals surface area (Å²) in [6, 6.07) is 12.2. The lowest BCUT2D eigenvalue weighted by molar-refractivity contribution is -0.135. The summed E-state index contributed by atoms with van der Waals surface area (Å²) >= 11 is 0. The minimum Gasteiger partial charge on any atom is -0.361 e. The monoisotopic (exact) mass is 459 g/mol. The van der Waals surface area contributed by atoms with Crippen molar-refractivity contribution in [1.29, 1.82) is 0 Å². The van der Waals surface area contributed by atoms with Gasteiger partial charge in [0.15, 0.2) is 6.04 Å². The van der Waals surface area contributed by atoms with Gasteiger partial charge in [0, 0.05) is 36.6 Å². The van der Waals surface area contributed by atoms with Crippen LogP contribution in [0.3, 0.4) is 0 Å². The van der Waals surface area contributed by atoms with Crippen molar-refractivity contribution < 1.29 is 9.59 Å². The third-order valence-electron chi connectivity index (χ3n) is 7.60. The molecule has 0 aliphatic carbocycles. The van der Waals surface area contributed by atoms with Crippen LogP contribution in [0.1, 0.15) is 47.8 Å². The molecule has 5 rings (SSSR count). The van der Waals surface area contributed by atoms with Crippen LogP contribution in [0.4, 0.5) is 0 Å². The molecule has 1 unspecified atom stereocenters. The quantitative estimate of drug-likeness (QED) is 0.611. The van der Waals surface area contributed by atoms with Crippen molar-refractivity contribution in [2.45, 2.75) is 31.7 Å².